The van der Waals surface area contributed by atoms with Crippen LogP contribution in [-0.4, -0.2) is 51.4 Å². The third kappa shape index (κ3) is 3.89. The quantitative estimate of drug-likeness (QED) is 0.412. The fraction of sp³-hybridized carbons (Fsp3) is 0.182. The van der Waals surface area contributed by atoms with Gasteiger partial charge in [-0.2, -0.15) is 9.61 Å². The second kappa shape index (κ2) is 8.36. The molecule has 0 unspecified atom stereocenters. The predicted octanol–water partition coefficient (Wildman–Crippen LogP) is 1.93. The summed E-state index contributed by atoms with van der Waals surface area (Å²) in [7, 11) is 1.72. The lowest BCUT2D eigenvalue weighted by Crippen LogP contribution is -2.48. The van der Waals surface area contributed by atoms with Gasteiger partial charge in [0.05, 0.1) is 25.5 Å². The highest BCUT2D eigenvalue weighted by Crippen LogP contribution is 2.21. The minimum atomic E-state index is -0.386. The van der Waals surface area contributed by atoms with Crippen molar-refractivity contribution in [2.24, 2.45) is 0 Å². The van der Waals surface area contributed by atoms with Gasteiger partial charge in [-0.25, -0.2) is 9.37 Å². The van der Waals surface area contributed by atoms with E-state index in [4.69, 9.17) is 4.74 Å². The Morgan fingerprint density at radius 3 is 2.70 bits per heavy atom. The number of carbonyl (C=O) groups is 1. The van der Waals surface area contributed by atoms with Crippen LogP contribution in [0.3, 0.4) is 0 Å². The molecule has 11 heteroatoms. The molecule has 5 rings (SSSR count). The Morgan fingerprint density at radius 1 is 1.21 bits per heavy atom. The molecule has 1 amide bonds. The molecule has 0 bridgehead atoms. The number of fused-ring (bicyclic) bond motifs is 1. The first-order valence-electron chi connectivity index (χ1n) is 10.2. The van der Waals surface area contributed by atoms with E-state index >= 15 is 0 Å². The van der Waals surface area contributed by atoms with Crippen LogP contribution < -0.4 is 21.5 Å². The van der Waals surface area contributed by atoms with Crippen molar-refractivity contribution in [2.45, 2.75) is 6.04 Å². The van der Waals surface area contributed by atoms with Crippen LogP contribution in [0.15, 0.2) is 59.7 Å². The molecule has 168 valence electrons. The number of rotatable bonds is 6. The Bertz CT molecular complexity index is 1390. The first kappa shape index (κ1) is 20.6. The average Bonchev–Trinajstić information content (AvgIpc) is 3.22. The number of nitrogens with one attached hydrogen (secondary N) is 3. The highest BCUT2D eigenvalue weighted by Gasteiger charge is 2.24. The Hall–Kier alpha value is -4.25. The standard InChI is InChI=1S/C22H20FN7O3/c1-24-19-9-18(28-20-16(10-25-30(19)20)21(31)26-14-11-33-12-14)27-17-3-2-8-29(22(17)32)15-6-4-13(23)5-7-15/h2-10,14,24H,11-12H2,1H3,(H,26,31)(H,27,28). The minimum Gasteiger partial charge on any atom is -0.377 e. The van der Waals surface area contributed by atoms with Crippen molar-refractivity contribution in [1.82, 2.24) is 24.5 Å². The van der Waals surface area contributed by atoms with Crippen LogP contribution in [0.5, 0.6) is 0 Å². The highest BCUT2D eigenvalue weighted by molar-refractivity contribution is 6.00. The van der Waals surface area contributed by atoms with Crippen LogP contribution in [0.4, 0.5) is 21.7 Å². The van der Waals surface area contributed by atoms with Gasteiger partial charge in [-0.1, -0.05) is 0 Å². The van der Waals surface area contributed by atoms with Gasteiger partial charge in [0.25, 0.3) is 11.5 Å². The number of hydrogen-bond acceptors (Lipinski definition) is 7. The topological polar surface area (TPSA) is 115 Å². The van der Waals surface area contributed by atoms with E-state index in [-0.39, 0.29) is 29.0 Å². The molecule has 10 nitrogen and oxygen atoms in total. The molecule has 0 aliphatic carbocycles. The molecule has 4 heterocycles. The Balaban J connectivity index is 1.50. The van der Waals surface area contributed by atoms with E-state index in [0.29, 0.717) is 41.7 Å². The predicted molar refractivity (Wildman–Crippen MR) is 120 cm³/mol. The monoisotopic (exact) mass is 449 g/mol. The van der Waals surface area contributed by atoms with Gasteiger partial charge in [0.2, 0.25) is 0 Å². The number of halogens is 1. The molecule has 1 aliphatic heterocycles. The highest BCUT2D eigenvalue weighted by atomic mass is 19.1. The summed E-state index contributed by atoms with van der Waals surface area (Å²) in [4.78, 5) is 30.2. The average molecular weight is 449 g/mol. The zero-order valence-electron chi connectivity index (χ0n) is 17.6. The van der Waals surface area contributed by atoms with Gasteiger partial charge < -0.3 is 20.7 Å². The van der Waals surface area contributed by atoms with E-state index in [1.54, 1.807) is 31.4 Å². The Kier molecular flexibility index (Phi) is 5.23. The van der Waals surface area contributed by atoms with Gasteiger partial charge in [-0.05, 0) is 36.4 Å². The van der Waals surface area contributed by atoms with Crippen molar-refractivity contribution < 1.29 is 13.9 Å². The fourth-order valence-electron chi connectivity index (χ4n) is 3.48. The molecule has 1 aliphatic rings. The molecule has 0 atom stereocenters. The molecule has 3 N–H and O–H groups in total. The van der Waals surface area contributed by atoms with Gasteiger partial charge in [0.15, 0.2) is 5.65 Å². The molecule has 3 aromatic heterocycles. The van der Waals surface area contributed by atoms with Crippen LogP contribution >= 0.6 is 0 Å². The summed E-state index contributed by atoms with van der Waals surface area (Å²) >= 11 is 0. The second-order valence-corrected chi connectivity index (χ2v) is 7.48. The molecule has 1 fully saturated rings. The van der Waals surface area contributed by atoms with Crippen molar-refractivity contribution in [3.05, 3.63) is 76.6 Å². The maximum absolute atomic E-state index is 13.3. The van der Waals surface area contributed by atoms with Crippen molar-refractivity contribution in [3.63, 3.8) is 0 Å². The van der Waals surface area contributed by atoms with E-state index in [0.717, 1.165) is 0 Å². The summed E-state index contributed by atoms with van der Waals surface area (Å²) in [6.45, 7) is 0.947. The van der Waals surface area contributed by atoms with Crippen molar-refractivity contribution in [3.8, 4) is 5.69 Å². The van der Waals surface area contributed by atoms with E-state index in [1.165, 1.54) is 39.5 Å². The lowest BCUT2D eigenvalue weighted by atomic mass is 10.2. The zero-order valence-corrected chi connectivity index (χ0v) is 17.6. The minimum absolute atomic E-state index is 0.0354. The van der Waals surface area contributed by atoms with Crippen LogP contribution in [0, 0.1) is 5.82 Å². The third-order valence-corrected chi connectivity index (χ3v) is 5.26. The molecule has 33 heavy (non-hydrogen) atoms. The number of benzene rings is 1. The normalized spacial score (nSPS) is 13.5. The van der Waals surface area contributed by atoms with Gasteiger partial charge in [0.1, 0.15) is 28.7 Å². The summed E-state index contributed by atoms with van der Waals surface area (Å²) in [6.07, 6.45) is 3.05. The first-order valence-corrected chi connectivity index (χ1v) is 10.2. The summed E-state index contributed by atoms with van der Waals surface area (Å²) in [5.41, 5.74) is 1.08. The first-order chi connectivity index (χ1) is 16.0. The molecule has 1 saturated heterocycles. The van der Waals surface area contributed by atoms with Crippen LogP contribution in [-0.2, 0) is 4.74 Å². The molecule has 0 saturated carbocycles. The van der Waals surface area contributed by atoms with E-state index in [2.05, 4.69) is 26.0 Å². The lowest BCUT2D eigenvalue weighted by Gasteiger charge is -2.26. The molecular formula is C22H20FN7O3. The number of nitrogens with zero attached hydrogens (tertiary/aromatic N) is 4. The summed E-state index contributed by atoms with van der Waals surface area (Å²) in [5, 5.41) is 13.2. The van der Waals surface area contributed by atoms with Gasteiger partial charge >= 0.3 is 0 Å². The van der Waals surface area contributed by atoms with Crippen LogP contribution in [0.1, 0.15) is 10.4 Å². The summed E-state index contributed by atoms with van der Waals surface area (Å²) in [6, 6.07) is 10.6. The van der Waals surface area contributed by atoms with Crippen LogP contribution in [0.2, 0.25) is 0 Å². The molecule has 4 aromatic rings. The third-order valence-electron chi connectivity index (χ3n) is 5.26. The van der Waals surface area contributed by atoms with Crippen molar-refractivity contribution in [1.29, 1.82) is 0 Å². The Labute approximate surface area is 187 Å². The summed E-state index contributed by atoms with van der Waals surface area (Å²) in [5.74, 6) is 0.234. The number of amides is 1. The number of carbonyl (C=O) groups excluding carboxylic acids is 1. The Morgan fingerprint density at radius 2 is 2.00 bits per heavy atom. The van der Waals surface area contributed by atoms with E-state index < -0.39 is 0 Å². The second-order valence-electron chi connectivity index (χ2n) is 7.48. The van der Waals surface area contributed by atoms with Gasteiger partial charge in [-0.3, -0.25) is 14.2 Å². The number of ether oxygens (including phenoxy) is 1. The summed E-state index contributed by atoms with van der Waals surface area (Å²) < 4.78 is 21.3. The fourth-order valence-corrected chi connectivity index (χ4v) is 3.48. The zero-order chi connectivity index (χ0) is 22.9. The lowest BCUT2D eigenvalue weighted by molar-refractivity contribution is -0.00343. The van der Waals surface area contributed by atoms with Gasteiger partial charge in [0, 0.05) is 25.0 Å². The van der Waals surface area contributed by atoms with E-state index in [9.17, 15) is 14.0 Å². The molecule has 1 aromatic carbocycles. The number of anilines is 3. The molecule has 0 radical (unpaired) electrons. The molecular weight excluding hydrogens is 429 g/mol. The van der Waals surface area contributed by atoms with E-state index in [1.807, 2.05) is 0 Å². The SMILES string of the molecule is CNc1cc(Nc2cccn(-c3ccc(F)cc3)c2=O)nc2c(C(=O)NC3COC3)cnn12. The van der Waals surface area contributed by atoms with Crippen molar-refractivity contribution >= 4 is 28.9 Å². The number of hydrogen-bond donors (Lipinski definition) is 3. The molecule has 0 spiro atoms. The number of aromatic nitrogens is 4. The van der Waals surface area contributed by atoms with Crippen LogP contribution in [0.25, 0.3) is 11.3 Å². The van der Waals surface area contributed by atoms with Gasteiger partial charge in [-0.15, -0.1) is 0 Å². The largest absolute Gasteiger partial charge is 0.377 e. The maximum Gasteiger partial charge on any atom is 0.278 e. The van der Waals surface area contributed by atoms with Crippen molar-refractivity contribution in [2.75, 3.05) is 30.9 Å². The number of pyridine rings is 1. The smallest absolute Gasteiger partial charge is 0.278 e. The maximum atomic E-state index is 13.3.